The molecule has 1 atom stereocenters. The molecule has 2 fully saturated rings. The molecule has 0 saturated carbocycles. The summed E-state index contributed by atoms with van der Waals surface area (Å²) >= 11 is 0. The second-order valence-corrected chi connectivity index (χ2v) is 5.59. The highest BCUT2D eigenvalue weighted by atomic mass is 16.2. The quantitative estimate of drug-likeness (QED) is 0.845. The topological polar surface area (TPSA) is 35.6 Å². The van der Waals surface area contributed by atoms with Crippen LogP contribution in [-0.2, 0) is 11.3 Å². The molecule has 19 heavy (non-hydrogen) atoms. The molecule has 0 aromatic heterocycles. The smallest absolute Gasteiger partial charge is 0.236 e. The van der Waals surface area contributed by atoms with E-state index in [2.05, 4.69) is 41.4 Å². The van der Waals surface area contributed by atoms with Crippen LogP contribution in [0.1, 0.15) is 11.1 Å². The molecule has 1 unspecified atom stereocenters. The Hall–Kier alpha value is -1.39. The van der Waals surface area contributed by atoms with Crippen molar-refractivity contribution in [1.82, 2.24) is 15.1 Å². The standard InChI is InChI=1S/C15H21N3O/c1-12-2-4-13(5-3-12)10-17-6-7-18-14(11-17)8-16-9-15(18)19/h2-5,14,16H,6-11H2,1H3. The van der Waals surface area contributed by atoms with Crippen LogP contribution in [-0.4, -0.2) is 54.5 Å². The molecule has 1 amide bonds. The number of benzene rings is 1. The highest BCUT2D eigenvalue weighted by Gasteiger charge is 2.32. The van der Waals surface area contributed by atoms with Crippen molar-refractivity contribution in [3.63, 3.8) is 0 Å². The Morgan fingerprint density at radius 3 is 2.84 bits per heavy atom. The van der Waals surface area contributed by atoms with Crippen LogP contribution in [0.3, 0.4) is 0 Å². The van der Waals surface area contributed by atoms with Gasteiger partial charge in [0.1, 0.15) is 0 Å². The minimum Gasteiger partial charge on any atom is -0.335 e. The van der Waals surface area contributed by atoms with E-state index in [0.29, 0.717) is 12.6 Å². The molecule has 0 bridgehead atoms. The Balaban J connectivity index is 1.62. The SMILES string of the molecule is Cc1ccc(CN2CCN3C(=O)CNCC3C2)cc1. The minimum absolute atomic E-state index is 0.256. The third-order valence-corrected chi connectivity index (χ3v) is 4.07. The monoisotopic (exact) mass is 259 g/mol. The number of piperazine rings is 2. The largest absolute Gasteiger partial charge is 0.335 e. The molecule has 2 aliphatic rings. The summed E-state index contributed by atoms with van der Waals surface area (Å²) in [6.07, 6.45) is 0. The average Bonchev–Trinajstić information content (AvgIpc) is 2.42. The number of fused-ring (bicyclic) bond motifs is 1. The van der Waals surface area contributed by atoms with E-state index in [1.165, 1.54) is 11.1 Å². The van der Waals surface area contributed by atoms with E-state index in [1.807, 2.05) is 4.90 Å². The molecule has 2 heterocycles. The maximum absolute atomic E-state index is 11.8. The van der Waals surface area contributed by atoms with E-state index in [9.17, 15) is 4.79 Å². The molecule has 4 nitrogen and oxygen atoms in total. The van der Waals surface area contributed by atoms with Crippen LogP contribution in [0, 0.1) is 6.92 Å². The zero-order valence-electron chi connectivity index (χ0n) is 11.4. The van der Waals surface area contributed by atoms with E-state index in [-0.39, 0.29) is 5.91 Å². The summed E-state index contributed by atoms with van der Waals surface area (Å²) in [5, 5.41) is 3.21. The fourth-order valence-electron chi connectivity index (χ4n) is 2.97. The van der Waals surface area contributed by atoms with E-state index in [0.717, 1.165) is 32.7 Å². The Kier molecular flexibility index (Phi) is 3.53. The molecule has 4 heteroatoms. The molecular weight excluding hydrogens is 238 g/mol. The molecule has 0 aliphatic carbocycles. The Morgan fingerprint density at radius 1 is 1.26 bits per heavy atom. The summed E-state index contributed by atoms with van der Waals surface area (Å²) in [5.41, 5.74) is 2.66. The van der Waals surface area contributed by atoms with Crippen LogP contribution in [0.4, 0.5) is 0 Å². The first-order chi connectivity index (χ1) is 9.22. The van der Waals surface area contributed by atoms with Crippen LogP contribution in [0.5, 0.6) is 0 Å². The van der Waals surface area contributed by atoms with Gasteiger partial charge in [-0.3, -0.25) is 9.69 Å². The number of rotatable bonds is 2. The van der Waals surface area contributed by atoms with Gasteiger partial charge in [-0.15, -0.1) is 0 Å². The molecule has 2 saturated heterocycles. The summed E-state index contributed by atoms with van der Waals surface area (Å²) in [4.78, 5) is 16.3. The first-order valence-corrected chi connectivity index (χ1v) is 7.00. The molecule has 1 N–H and O–H groups in total. The maximum Gasteiger partial charge on any atom is 0.236 e. The molecule has 1 aromatic carbocycles. The first kappa shape index (κ1) is 12.6. The van der Waals surface area contributed by atoms with Gasteiger partial charge < -0.3 is 10.2 Å². The van der Waals surface area contributed by atoms with Crippen molar-refractivity contribution in [2.45, 2.75) is 19.5 Å². The van der Waals surface area contributed by atoms with Crippen LogP contribution >= 0.6 is 0 Å². The van der Waals surface area contributed by atoms with Crippen molar-refractivity contribution in [2.24, 2.45) is 0 Å². The third kappa shape index (κ3) is 2.80. The van der Waals surface area contributed by atoms with E-state index in [4.69, 9.17) is 0 Å². The zero-order valence-corrected chi connectivity index (χ0v) is 11.4. The van der Waals surface area contributed by atoms with Gasteiger partial charge in [0.05, 0.1) is 12.6 Å². The second-order valence-electron chi connectivity index (χ2n) is 5.59. The summed E-state index contributed by atoms with van der Waals surface area (Å²) in [7, 11) is 0. The Labute approximate surface area is 114 Å². The highest BCUT2D eigenvalue weighted by molar-refractivity contribution is 5.79. The molecule has 1 aromatic rings. The number of aryl methyl sites for hydroxylation is 1. The highest BCUT2D eigenvalue weighted by Crippen LogP contribution is 2.15. The number of amides is 1. The van der Waals surface area contributed by atoms with Gasteiger partial charge in [-0.2, -0.15) is 0 Å². The van der Waals surface area contributed by atoms with Crippen molar-refractivity contribution in [1.29, 1.82) is 0 Å². The number of nitrogens with one attached hydrogen (secondary N) is 1. The lowest BCUT2D eigenvalue weighted by Crippen LogP contribution is -2.63. The number of carbonyl (C=O) groups excluding carboxylic acids is 1. The summed E-state index contributed by atoms with van der Waals surface area (Å²) in [5.74, 6) is 0.256. The number of hydrogen-bond donors (Lipinski definition) is 1. The fourth-order valence-corrected chi connectivity index (χ4v) is 2.97. The third-order valence-electron chi connectivity index (χ3n) is 4.07. The summed E-state index contributed by atoms with van der Waals surface area (Å²) in [6, 6.07) is 9.08. The fraction of sp³-hybridized carbons (Fsp3) is 0.533. The average molecular weight is 259 g/mol. The molecule has 102 valence electrons. The predicted molar refractivity (Wildman–Crippen MR) is 74.8 cm³/mol. The van der Waals surface area contributed by atoms with E-state index < -0.39 is 0 Å². The lowest BCUT2D eigenvalue weighted by molar-refractivity contribution is -0.137. The lowest BCUT2D eigenvalue weighted by atomic mass is 10.1. The van der Waals surface area contributed by atoms with Gasteiger partial charge in [-0.1, -0.05) is 29.8 Å². The lowest BCUT2D eigenvalue weighted by Gasteiger charge is -2.44. The zero-order chi connectivity index (χ0) is 13.2. The maximum atomic E-state index is 11.8. The van der Waals surface area contributed by atoms with Crippen molar-refractivity contribution >= 4 is 5.91 Å². The summed E-state index contributed by atoms with van der Waals surface area (Å²) < 4.78 is 0. The van der Waals surface area contributed by atoms with Crippen molar-refractivity contribution in [2.75, 3.05) is 32.7 Å². The molecule has 0 spiro atoms. The van der Waals surface area contributed by atoms with Crippen LogP contribution in [0.15, 0.2) is 24.3 Å². The molecule has 3 rings (SSSR count). The number of hydrogen-bond acceptors (Lipinski definition) is 3. The van der Waals surface area contributed by atoms with Crippen LogP contribution in [0.25, 0.3) is 0 Å². The van der Waals surface area contributed by atoms with Crippen molar-refractivity contribution in [3.8, 4) is 0 Å². The van der Waals surface area contributed by atoms with E-state index in [1.54, 1.807) is 0 Å². The van der Waals surface area contributed by atoms with Crippen LogP contribution in [0.2, 0.25) is 0 Å². The minimum atomic E-state index is 0.256. The Bertz CT molecular complexity index is 457. The van der Waals surface area contributed by atoms with Gasteiger partial charge in [-0.05, 0) is 12.5 Å². The summed E-state index contributed by atoms with van der Waals surface area (Å²) in [6.45, 7) is 7.37. The predicted octanol–water partition coefficient (Wildman–Crippen LogP) is 0.611. The van der Waals surface area contributed by atoms with Gasteiger partial charge in [0.15, 0.2) is 0 Å². The molecule has 0 radical (unpaired) electrons. The molecular formula is C15H21N3O. The van der Waals surface area contributed by atoms with Gasteiger partial charge >= 0.3 is 0 Å². The van der Waals surface area contributed by atoms with Crippen LogP contribution < -0.4 is 5.32 Å². The Morgan fingerprint density at radius 2 is 2.05 bits per heavy atom. The second kappa shape index (κ2) is 5.31. The van der Waals surface area contributed by atoms with Gasteiger partial charge in [0.2, 0.25) is 5.91 Å². The van der Waals surface area contributed by atoms with Crippen molar-refractivity contribution < 1.29 is 4.79 Å². The van der Waals surface area contributed by atoms with Gasteiger partial charge in [0.25, 0.3) is 0 Å². The van der Waals surface area contributed by atoms with Crippen molar-refractivity contribution in [3.05, 3.63) is 35.4 Å². The first-order valence-electron chi connectivity index (χ1n) is 7.00. The van der Waals surface area contributed by atoms with Gasteiger partial charge in [-0.25, -0.2) is 0 Å². The normalized spacial score (nSPS) is 24.4. The van der Waals surface area contributed by atoms with E-state index >= 15 is 0 Å². The molecule has 2 aliphatic heterocycles. The number of carbonyl (C=O) groups is 1. The number of nitrogens with zero attached hydrogens (tertiary/aromatic N) is 2. The van der Waals surface area contributed by atoms with Gasteiger partial charge in [0, 0.05) is 32.7 Å².